The zero-order chi connectivity index (χ0) is 14.3. The Bertz CT molecular complexity index is 410. The molecule has 0 aliphatic heterocycles. The maximum atomic E-state index is 11.9. The fourth-order valence-corrected chi connectivity index (χ4v) is 1.61. The normalized spacial score (nSPS) is 12.3. The van der Waals surface area contributed by atoms with E-state index >= 15 is 0 Å². The van der Waals surface area contributed by atoms with Crippen molar-refractivity contribution in [2.75, 3.05) is 25.6 Å². The molecular weight excluding hydrogens is 242 g/mol. The molecule has 0 aliphatic carbocycles. The highest BCUT2D eigenvalue weighted by molar-refractivity contribution is 5.92. The van der Waals surface area contributed by atoms with E-state index < -0.39 is 0 Å². The minimum atomic E-state index is -0.186. The van der Waals surface area contributed by atoms with Crippen molar-refractivity contribution in [3.8, 4) is 0 Å². The van der Waals surface area contributed by atoms with Gasteiger partial charge >= 0.3 is 0 Å². The molecule has 1 rings (SSSR count). The van der Waals surface area contributed by atoms with Crippen molar-refractivity contribution in [1.82, 2.24) is 15.2 Å². The first-order valence-electron chi connectivity index (χ1n) is 6.50. The van der Waals surface area contributed by atoms with Gasteiger partial charge in [0.2, 0.25) is 0 Å². The van der Waals surface area contributed by atoms with Crippen LogP contribution in [0.1, 0.15) is 30.8 Å². The number of likely N-dealkylation sites (N-methyl/N-ethyl adjacent to an activating group) is 1. The SMILES string of the molecule is CCC(C)N(C)CCNC(=O)c1cccc(NN)n1. The smallest absolute Gasteiger partial charge is 0.270 e. The van der Waals surface area contributed by atoms with Crippen LogP contribution >= 0.6 is 0 Å². The van der Waals surface area contributed by atoms with Crippen LogP contribution in [0, 0.1) is 0 Å². The molecule has 1 unspecified atom stereocenters. The van der Waals surface area contributed by atoms with Crippen LogP contribution in [0.3, 0.4) is 0 Å². The molecule has 1 aromatic heterocycles. The van der Waals surface area contributed by atoms with Gasteiger partial charge in [0.1, 0.15) is 11.5 Å². The second kappa shape index (κ2) is 7.70. The lowest BCUT2D eigenvalue weighted by Gasteiger charge is -2.23. The number of hydrogen-bond donors (Lipinski definition) is 3. The number of hydrazine groups is 1. The largest absolute Gasteiger partial charge is 0.349 e. The summed E-state index contributed by atoms with van der Waals surface area (Å²) in [5.74, 6) is 5.55. The summed E-state index contributed by atoms with van der Waals surface area (Å²) in [5.41, 5.74) is 2.78. The maximum Gasteiger partial charge on any atom is 0.270 e. The Morgan fingerprint density at radius 1 is 1.53 bits per heavy atom. The first kappa shape index (κ1) is 15.4. The van der Waals surface area contributed by atoms with E-state index in [1.807, 2.05) is 0 Å². The number of nitrogen functional groups attached to an aromatic ring is 1. The van der Waals surface area contributed by atoms with Crippen LogP contribution in [0.5, 0.6) is 0 Å². The first-order valence-corrected chi connectivity index (χ1v) is 6.50. The van der Waals surface area contributed by atoms with Gasteiger partial charge in [0.25, 0.3) is 5.91 Å². The summed E-state index contributed by atoms with van der Waals surface area (Å²) in [6.07, 6.45) is 1.09. The predicted molar refractivity (Wildman–Crippen MR) is 76.8 cm³/mol. The third-order valence-electron chi connectivity index (χ3n) is 3.22. The molecule has 0 fully saturated rings. The highest BCUT2D eigenvalue weighted by atomic mass is 16.1. The van der Waals surface area contributed by atoms with Crippen molar-refractivity contribution >= 4 is 11.7 Å². The van der Waals surface area contributed by atoms with Crippen LogP contribution in [0.2, 0.25) is 0 Å². The molecule has 19 heavy (non-hydrogen) atoms. The van der Waals surface area contributed by atoms with Crippen LogP contribution in [-0.4, -0.2) is 42.0 Å². The third kappa shape index (κ3) is 4.84. The van der Waals surface area contributed by atoms with Gasteiger partial charge in [-0.25, -0.2) is 10.8 Å². The quantitative estimate of drug-likeness (QED) is 0.502. The van der Waals surface area contributed by atoms with Crippen molar-refractivity contribution in [3.05, 3.63) is 23.9 Å². The van der Waals surface area contributed by atoms with Crippen LogP contribution in [-0.2, 0) is 0 Å². The van der Waals surface area contributed by atoms with E-state index in [0.717, 1.165) is 13.0 Å². The molecule has 0 aromatic carbocycles. The molecule has 106 valence electrons. The van der Waals surface area contributed by atoms with Crippen LogP contribution in [0.4, 0.5) is 5.82 Å². The lowest BCUT2D eigenvalue weighted by Crippen LogP contribution is -2.37. The number of pyridine rings is 1. The number of carbonyl (C=O) groups is 1. The van der Waals surface area contributed by atoms with Crippen molar-refractivity contribution in [2.24, 2.45) is 5.84 Å². The minimum absolute atomic E-state index is 0.186. The summed E-state index contributed by atoms with van der Waals surface area (Å²) in [7, 11) is 2.05. The lowest BCUT2D eigenvalue weighted by molar-refractivity contribution is 0.0942. The molecule has 0 saturated heterocycles. The topological polar surface area (TPSA) is 83.3 Å². The molecule has 1 amide bonds. The average Bonchev–Trinajstić information content (AvgIpc) is 2.46. The Morgan fingerprint density at radius 3 is 2.89 bits per heavy atom. The average molecular weight is 265 g/mol. The van der Waals surface area contributed by atoms with Gasteiger partial charge in [0.15, 0.2) is 0 Å². The van der Waals surface area contributed by atoms with Gasteiger partial charge in [-0.15, -0.1) is 0 Å². The van der Waals surface area contributed by atoms with Crippen LogP contribution < -0.4 is 16.6 Å². The zero-order valence-corrected chi connectivity index (χ0v) is 11.8. The van der Waals surface area contributed by atoms with Gasteiger partial charge in [-0.05, 0) is 32.5 Å². The molecule has 0 aliphatic rings. The Labute approximate surface area is 114 Å². The van der Waals surface area contributed by atoms with Crippen molar-refractivity contribution < 1.29 is 4.79 Å². The number of anilines is 1. The van der Waals surface area contributed by atoms with E-state index in [0.29, 0.717) is 24.1 Å². The first-order chi connectivity index (χ1) is 9.08. The lowest BCUT2D eigenvalue weighted by atomic mass is 10.2. The number of rotatable bonds is 7. The number of hydrogen-bond acceptors (Lipinski definition) is 5. The standard InChI is InChI=1S/C13H23N5O/c1-4-10(2)18(3)9-8-15-13(19)11-6-5-7-12(16-11)17-14/h5-7,10H,4,8-9,14H2,1-3H3,(H,15,19)(H,16,17). The number of aromatic nitrogens is 1. The summed E-state index contributed by atoms with van der Waals surface area (Å²) >= 11 is 0. The Balaban J connectivity index is 2.43. The van der Waals surface area contributed by atoms with E-state index in [4.69, 9.17) is 5.84 Å². The van der Waals surface area contributed by atoms with Crippen molar-refractivity contribution in [2.45, 2.75) is 26.3 Å². The number of nitrogens with zero attached hydrogens (tertiary/aromatic N) is 2. The molecule has 0 radical (unpaired) electrons. The van der Waals surface area contributed by atoms with E-state index in [9.17, 15) is 4.79 Å². The highest BCUT2D eigenvalue weighted by Crippen LogP contribution is 2.03. The zero-order valence-electron chi connectivity index (χ0n) is 11.8. The van der Waals surface area contributed by atoms with Crippen LogP contribution in [0.15, 0.2) is 18.2 Å². The summed E-state index contributed by atoms with van der Waals surface area (Å²) in [5, 5.41) is 2.85. The molecule has 0 bridgehead atoms. The minimum Gasteiger partial charge on any atom is -0.349 e. The van der Waals surface area contributed by atoms with Gasteiger partial charge < -0.3 is 15.6 Å². The van der Waals surface area contributed by atoms with E-state index in [-0.39, 0.29) is 5.91 Å². The summed E-state index contributed by atoms with van der Waals surface area (Å²) < 4.78 is 0. The van der Waals surface area contributed by atoms with Gasteiger partial charge in [0.05, 0.1) is 0 Å². The second-order valence-electron chi connectivity index (χ2n) is 4.55. The Kier molecular flexibility index (Phi) is 6.24. The summed E-state index contributed by atoms with van der Waals surface area (Å²) in [6.45, 7) is 5.73. The van der Waals surface area contributed by atoms with Crippen molar-refractivity contribution in [1.29, 1.82) is 0 Å². The molecule has 0 saturated carbocycles. The van der Waals surface area contributed by atoms with Gasteiger partial charge in [-0.3, -0.25) is 4.79 Å². The number of nitrogens with one attached hydrogen (secondary N) is 2. The fourth-order valence-electron chi connectivity index (χ4n) is 1.61. The predicted octanol–water partition coefficient (Wildman–Crippen LogP) is 0.827. The molecule has 6 heteroatoms. The molecule has 1 heterocycles. The number of nitrogens with two attached hydrogens (primary N) is 1. The summed E-state index contributed by atoms with van der Waals surface area (Å²) in [6, 6.07) is 5.62. The maximum absolute atomic E-state index is 11.9. The highest BCUT2D eigenvalue weighted by Gasteiger charge is 2.09. The molecule has 0 spiro atoms. The van der Waals surface area contributed by atoms with Gasteiger partial charge in [0, 0.05) is 19.1 Å². The monoisotopic (exact) mass is 265 g/mol. The Hall–Kier alpha value is -1.66. The number of carbonyl (C=O) groups excluding carboxylic acids is 1. The van der Waals surface area contributed by atoms with E-state index in [2.05, 4.69) is 41.5 Å². The Morgan fingerprint density at radius 2 is 2.26 bits per heavy atom. The molecule has 4 N–H and O–H groups in total. The second-order valence-corrected chi connectivity index (χ2v) is 4.55. The third-order valence-corrected chi connectivity index (χ3v) is 3.22. The molecule has 1 atom stereocenters. The number of amides is 1. The molecular formula is C13H23N5O. The van der Waals surface area contributed by atoms with Crippen molar-refractivity contribution in [3.63, 3.8) is 0 Å². The summed E-state index contributed by atoms with van der Waals surface area (Å²) in [4.78, 5) is 18.2. The van der Waals surface area contributed by atoms with Crippen LogP contribution in [0.25, 0.3) is 0 Å². The van der Waals surface area contributed by atoms with Gasteiger partial charge in [-0.2, -0.15) is 0 Å². The molecule has 6 nitrogen and oxygen atoms in total. The molecule has 1 aromatic rings. The van der Waals surface area contributed by atoms with Gasteiger partial charge in [-0.1, -0.05) is 13.0 Å². The van der Waals surface area contributed by atoms with E-state index in [1.54, 1.807) is 18.2 Å². The fraction of sp³-hybridized carbons (Fsp3) is 0.538. The van der Waals surface area contributed by atoms with E-state index in [1.165, 1.54) is 0 Å².